The van der Waals surface area contributed by atoms with E-state index in [1.54, 1.807) is 48.7 Å². The van der Waals surface area contributed by atoms with Crippen molar-refractivity contribution in [2.75, 3.05) is 73.5 Å². The number of unbranched alkanes of at least 4 members (excludes halogenated alkanes) is 18. The summed E-state index contributed by atoms with van der Waals surface area (Å²) in [5.74, 6) is -3.12. The van der Waals surface area contributed by atoms with Crippen LogP contribution in [-0.4, -0.2) is 121 Å². The van der Waals surface area contributed by atoms with Crippen LogP contribution in [0, 0.1) is 22.7 Å². The van der Waals surface area contributed by atoms with Gasteiger partial charge in [0.15, 0.2) is 0 Å². The van der Waals surface area contributed by atoms with Crippen LogP contribution in [0.25, 0.3) is 0 Å². The Morgan fingerprint density at radius 3 is 1.37 bits per heavy atom. The van der Waals surface area contributed by atoms with Gasteiger partial charge in [0.2, 0.25) is 11.8 Å². The standard InChI is InChI=1S/C52H101N3O12S/c1-11-14-16-18-20-22-24-26-28-30-32-63-34-35-64-36-37-65-38-39-67-48(58)51(7,40-44(4)47(57)55(9)10)42-52(8,49(59)66-33-31-29-27-25-23-21-19-17-15-12-2)41-45(13-3)46(56)54-50(5,6)43-53-68(60,61)62/h44-45,53H,11-43H2,1-10H3,(H,54,56)(H,60,61,62). The summed E-state index contributed by atoms with van der Waals surface area (Å²) < 4.78 is 62.9. The molecule has 402 valence electrons. The molecule has 0 radical (unpaired) electrons. The zero-order valence-corrected chi connectivity index (χ0v) is 45.6. The van der Waals surface area contributed by atoms with Crippen molar-refractivity contribution in [2.45, 2.75) is 215 Å². The predicted molar refractivity (Wildman–Crippen MR) is 272 cm³/mol. The Labute approximate surface area is 414 Å². The van der Waals surface area contributed by atoms with Crippen LogP contribution >= 0.6 is 0 Å². The lowest BCUT2D eigenvalue weighted by Gasteiger charge is -2.39. The Balaban J connectivity index is 5.65. The highest BCUT2D eigenvalue weighted by Gasteiger charge is 2.49. The fraction of sp³-hybridized carbons (Fsp3) is 0.923. The fourth-order valence-corrected chi connectivity index (χ4v) is 9.31. The Morgan fingerprint density at radius 1 is 0.559 bits per heavy atom. The number of rotatable bonds is 46. The Hall–Kier alpha value is -2.37. The first-order valence-corrected chi connectivity index (χ1v) is 27.9. The highest BCUT2D eigenvalue weighted by atomic mass is 32.2. The molecule has 0 saturated carbocycles. The summed E-state index contributed by atoms with van der Waals surface area (Å²) in [4.78, 5) is 57.1. The third-order valence-electron chi connectivity index (χ3n) is 12.7. The highest BCUT2D eigenvalue weighted by molar-refractivity contribution is 7.83. The molecule has 4 atom stereocenters. The molecular formula is C52H101N3O12S. The third kappa shape index (κ3) is 33.3. The minimum Gasteiger partial charge on any atom is -0.465 e. The summed E-state index contributed by atoms with van der Waals surface area (Å²) in [6.45, 7) is 17.0. The zero-order valence-electron chi connectivity index (χ0n) is 44.8. The van der Waals surface area contributed by atoms with Crippen molar-refractivity contribution in [3.63, 3.8) is 0 Å². The Bertz CT molecular complexity index is 1450. The van der Waals surface area contributed by atoms with Gasteiger partial charge in [-0.25, -0.2) is 0 Å². The minimum atomic E-state index is -4.51. The summed E-state index contributed by atoms with van der Waals surface area (Å²) >= 11 is 0. The smallest absolute Gasteiger partial charge is 0.333 e. The van der Waals surface area contributed by atoms with E-state index in [4.69, 9.17) is 23.7 Å². The molecular weight excluding hydrogens is 891 g/mol. The summed E-state index contributed by atoms with van der Waals surface area (Å²) in [6, 6.07) is 0. The van der Waals surface area contributed by atoms with Gasteiger partial charge >= 0.3 is 22.2 Å². The van der Waals surface area contributed by atoms with Crippen LogP contribution in [0.3, 0.4) is 0 Å². The molecule has 0 fully saturated rings. The average molecular weight is 992 g/mol. The van der Waals surface area contributed by atoms with Gasteiger partial charge in [0, 0.05) is 44.6 Å². The number of carbonyl (C=O) groups is 4. The van der Waals surface area contributed by atoms with E-state index >= 15 is 0 Å². The van der Waals surface area contributed by atoms with E-state index in [0.717, 1.165) is 32.3 Å². The number of hydrogen-bond acceptors (Lipinski definition) is 11. The van der Waals surface area contributed by atoms with Crippen molar-refractivity contribution in [1.82, 2.24) is 14.9 Å². The predicted octanol–water partition coefficient (Wildman–Crippen LogP) is 10.2. The van der Waals surface area contributed by atoms with E-state index in [-0.39, 0.29) is 51.5 Å². The number of nitrogens with zero attached hydrogens (tertiary/aromatic N) is 1. The van der Waals surface area contributed by atoms with Crippen molar-refractivity contribution < 1.29 is 55.8 Å². The molecule has 0 aromatic carbocycles. The number of carbonyl (C=O) groups excluding carboxylic acids is 4. The van der Waals surface area contributed by atoms with Crippen LogP contribution in [0.15, 0.2) is 0 Å². The first kappa shape index (κ1) is 65.6. The molecule has 68 heavy (non-hydrogen) atoms. The van der Waals surface area contributed by atoms with Crippen LogP contribution in [0.4, 0.5) is 0 Å². The molecule has 0 aliphatic heterocycles. The van der Waals surface area contributed by atoms with E-state index in [0.29, 0.717) is 39.3 Å². The molecule has 0 spiro atoms. The fourth-order valence-electron chi connectivity index (χ4n) is 8.77. The van der Waals surface area contributed by atoms with E-state index in [2.05, 4.69) is 19.2 Å². The van der Waals surface area contributed by atoms with Crippen molar-refractivity contribution >= 4 is 34.1 Å². The average Bonchev–Trinajstić information content (AvgIpc) is 3.27. The molecule has 0 heterocycles. The van der Waals surface area contributed by atoms with Gasteiger partial charge in [-0.15, -0.1) is 0 Å². The van der Waals surface area contributed by atoms with Gasteiger partial charge in [-0.3, -0.25) is 23.7 Å². The first-order chi connectivity index (χ1) is 32.2. The normalized spacial score (nSPS) is 14.7. The summed E-state index contributed by atoms with van der Waals surface area (Å²) in [5.41, 5.74) is -3.84. The number of hydrogen-bond donors (Lipinski definition) is 3. The molecule has 15 nitrogen and oxygen atoms in total. The van der Waals surface area contributed by atoms with E-state index in [1.165, 1.54) is 101 Å². The summed E-state index contributed by atoms with van der Waals surface area (Å²) in [6.07, 6.45) is 24.3. The molecule has 0 aromatic heterocycles. The number of esters is 2. The minimum absolute atomic E-state index is 0.000340. The van der Waals surface area contributed by atoms with Crippen LogP contribution in [-0.2, 0) is 53.2 Å². The molecule has 3 N–H and O–H groups in total. The maximum absolute atomic E-state index is 14.3. The second-order valence-electron chi connectivity index (χ2n) is 20.6. The van der Waals surface area contributed by atoms with Crippen LogP contribution in [0.5, 0.6) is 0 Å². The Morgan fingerprint density at radius 2 is 0.941 bits per heavy atom. The van der Waals surface area contributed by atoms with Crippen LogP contribution < -0.4 is 10.0 Å². The second-order valence-corrected chi connectivity index (χ2v) is 21.8. The summed E-state index contributed by atoms with van der Waals surface area (Å²) in [5, 5.41) is 2.86. The third-order valence-corrected chi connectivity index (χ3v) is 13.2. The van der Waals surface area contributed by atoms with Crippen LogP contribution in [0.1, 0.15) is 209 Å². The van der Waals surface area contributed by atoms with Crippen LogP contribution in [0.2, 0.25) is 0 Å². The van der Waals surface area contributed by atoms with Crippen molar-refractivity contribution in [3.8, 4) is 0 Å². The topological polar surface area (TPSA) is 196 Å². The van der Waals surface area contributed by atoms with E-state index in [1.807, 2.05) is 11.6 Å². The molecule has 0 bridgehead atoms. The summed E-state index contributed by atoms with van der Waals surface area (Å²) in [7, 11) is -1.21. The number of amides is 2. The van der Waals surface area contributed by atoms with Crippen molar-refractivity contribution in [1.29, 1.82) is 0 Å². The quantitative estimate of drug-likeness (QED) is 0.0297. The maximum Gasteiger partial charge on any atom is 0.333 e. The van der Waals surface area contributed by atoms with Gasteiger partial charge in [-0.1, -0.05) is 143 Å². The van der Waals surface area contributed by atoms with Crippen molar-refractivity contribution in [2.24, 2.45) is 22.7 Å². The molecule has 4 unspecified atom stereocenters. The van der Waals surface area contributed by atoms with Gasteiger partial charge in [0.1, 0.15) is 6.61 Å². The zero-order chi connectivity index (χ0) is 51.3. The number of nitrogens with one attached hydrogen (secondary N) is 2. The van der Waals surface area contributed by atoms with Gasteiger partial charge in [-0.05, 0) is 66.2 Å². The molecule has 0 aromatic rings. The van der Waals surface area contributed by atoms with Gasteiger partial charge in [0.05, 0.1) is 50.5 Å². The first-order valence-electron chi connectivity index (χ1n) is 26.5. The van der Waals surface area contributed by atoms with Gasteiger partial charge < -0.3 is 33.9 Å². The molecule has 2 amide bonds. The molecule has 0 aliphatic carbocycles. The van der Waals surface area contributed by atoms with E-state index in [9.17, 15) is 32.1 Å². The lowest BCUT2D eigenvalue weighted by Crippen LogP contribution is -2.53. The van der Waals surface area contributed by atoms with E-state index < -0.39 is 56.4 Å². The lowest BCUT2D eigenvalue weighted by molar-refractivity contribution is -0.167. The monoisotopic (exact) mass is 992 g/mol. The molecule has 16 heteroatoms. The lowest BCUT2D eigenvalue weighted by atomic mass is 9.65. The SMILES string of the molecule is CCCCCCCCCCCCOCCOCCOCCOC(=O)C(C)(CC(C)C(=O)N(C)C)CC(C)(CC(CC)C(=O)NC(C)(C)CNS(=O)(=O)O)C(=O)OCCCCCCCCCCCC. The molecule has 0 rings (SSSR count). The second kappa shape index (κ2) is 38.3. The maximum atomic E-state index is 14.3. The highest BCUT2D eigenvalue weighted by Crippen LogP contribution is 2.45. The molecule has 0 saturated heterocycles. The van der Waals surface area contributed by atoms with Gasteiger partial charge in [0.25, 0.3) is 0 Å². The molecule has 0 aliphatic rings. The largest absolute Gasteiger partial charge is 0.465 e. The van der Waals surface area contributed by atoms with Crippen molar-refractivity contribution in [3.05, 3.63) is 0 Å². The number of ether oxygens (including phenoxy) is 5. The van der Waals surface area contributed by atoms with Gasteiger partial charge in [-0.2, -0.15) is 13.1 Å². The Kier molecular flexibility index (Phi) is 37.0.